The molecule has 23 heavy (non-hydrogen) atoms. The van der Waals surface area contributed by atoms with E-state index in [1.54, 1.807) is 11.0 Å². The molecule has 3 rings (SSSR count). The number of hydrogen-bond acceptors (Lipinski definition) is 4. The first-order chi connectivity index (χ1) is 11.1. The largest absolute Gasteiger partial charge is 0.391 e. The van der Waals surface area contributed by atoms with Gasteiger partial charge in [0.05, 0.1) is 11.8 Å². The van der Waals surface area contributed by atoms with Gasteiger partial charge in [-0.15, -0.1) is 0 Å². The smallest absolute Gasteiger partial charge is 0.267 e. The van der Waals surface area contributed by atoms with Crippen LogP contribution in [-0.2, 0) is 11.3 Å². The Morgan fingerprint density at radius 3 is 2.74 bits per heavy atom. The van der Waals surface area contributed by atoms with E-state index in [9.17, 15) is 14.7 Å². The summed E-state index contributed by atoms with van der Waals surface area (Å²) < 4.78 is 1.19. The second-order valence-corrected chi connectivity index (χ2v) is 5.72. The van der Waals surface area contributed by atoms with Crippen molar-refractivity contribution in [3.63, 3.8) is 0 Å². The van der Waals surface area contributed by atoms with E-state index in [4.69, 9.17) is 0 Å². The van der Waals surface area contributed by atoms with E-state index in [0.29, 0.717) is 25.2 Å². The van der Waals surface area contributed by atoms with Gasteiger partial charge in [-0.05, 0) is 18.9 Å². The number of hydrogen-bond donors (Lipinski definition) is 1. The van der Waals surface area contributed by atoms with Gasteiger partial charge in [0.25, 0.3) is 5.56 Å². The molecule has 0 radical (unpaired) electrons. The van der Waals surface area contributed by atoms with Gasteiger partial charge < -0.3 is 10.0 Å². The number of rotatable bonds is 3. The minimum atomic E-state index is -0.479. The maximum atomic E-state index is 12.3. The van der Waals surface area contributed by atoms with Crippen LogP contribution in [-0.4, -0.2) is 44.9 Å². The lowest BCUT2D eigenvalue weighted by atomic mass is 10.1. The van der Waals surface area contributed by atoms with Crippen LogP contribution in [0.2, 0.25) is 0 Å². The van der Waals surface area contributed by atoms with E-state index >= 15 is 0 Å². The molecular weight excluding hydrogens is 294 g/mol. The van der Waals surface area contributed by atoms with Gasteiger partial charge in [0.15, 0.2) is 0 Å². The van der Waals surface area contributed by atoms with Crippen LogP contribution in [0.4, 0.5) is 0 Å². The van der Waals surface area contributed by atoms with Crippen molar-refractivity contribution in [2.45, 2.75) is 25.5 Å². The summed E-state index contributed by atoms with van der Waals surface area (Å²) in [7, 11) is 0. The van der Waals surface area contributed by atoms with Gasteiger partial charge in [0.1, 0.15) is 6.54 Å². The zero-order valence-electron chi connectivity index (χ0n) is 12.8. The lowest BCUT2D eigenvalue weighted by Gasteiger charge is -2.30. The van der Waals surface area contributed by atoms with Crippen LogP contribution >= 0.6 is 0 Å². The van der Waals surface area contributed by atoms with Crippen LogP contribution in [0.15, 0.2) is 47.3 Å². The molecule has 0 aliphatic carbocycles. The van der Waals surface area contributed by atoms with Crippen LogP contribution in [0.25, 0.3) is 11.3 Å². The minimum absolute atomic E-state index is 0.105. The molecule has 1 amide bonds. The van der Waals surface area contributed by atoms with E-state index in [2.05, 4.69) is 5.10 Å². The van der Waals surface area contributed by atoms with Crippen molar-refractivity contribution in [3.8, 4) is 11.3 Å². The standard InChI is InChI=1S/C17H19N3O3/c21-14-7-4-10-19(11-14)17(23)12-20-16(22)9-8-15(18-20)13-5-2-1-3-6-13/h1-3,5-6,8-9,14,21H,4,7,10-12H2. The normalized spacial score (nSPS) is 18.0. The summed E-state index contributed by atoms with van der Waals surface area (Å²) >= 11 is 0. The Labute approximate surface area is 134 Å². The van der Waals surface area contributed by atoms with Crippen LogP contribution < -0.4 is 5.56 Å². The van der Waals surface area contributed by atoms with Gasteiger partial charge in [-0.3, -0.25) is 9.59 Å². The fourth-order valence-electron chi connectivity index (χ4n) is 2.73. The molecule has 2 heterocycles. The van der Waals surface area contributed by atoms with E-state index in [1.165, 1.54) is 10.7 Å². The number of β-amino-alcohol motifs (C(OH)–C–C–N with tert-alkyl or cyclic N) is 1. The number of benzene rings is 1. The van der Waals surface area contributed by atoms with Crippen molar-refractivity contribution >= 4 is 5.91 Å². The SMILES string of the molecule is O=C(Cn1nc(-c2ccccc2)ccc1=O)N1CCCC(O)C1. The zero-order valence-corrected chi connectivity index (χ0v) is 12.8. The summed E-state index contributed by atoms with van der Waals surface area (Å²) in [5.41, 5.74) is 1.23. The van der Waals surface area contributed by atoms with E-state index in [1.807, 2.05) is 30.3 Å². The molecule has 1 aliphatic heterocycles. The molecule has 1 N–H and O–H groups in total. The monoisotopic (exact) mass is 313 g/mol. The third-order valence-corrected chi connectivity index (χ3v) is 3.97. The molecule has 0 spiro atoms. The maximum Gasteiger partial charge on any atom is 0.267 e. The molecule has 1 aliphatic rings. The van der Waals surface area contributed by atoms with Crippen molar-refractivity contribution in [2.24, 2.45) is 0 Å². The van der Waals surface area contributed by atoms with Crippen molar-refractivity contribution in [3.05, 3.63) is 52.8 Å². The molecule has 120 valence electrons. The second-order valence-electron chi connectivity index (χ2n) is 5.72. The number of aliphatic hydroxyl groups excluding tert-OH is 1. The summed E-state index contributed by atoms with van der Waals surface area (Å²) in [5, 5.41) is 14.0. The third kappa shape index (κ3) is 3.65. The highest BCUT2D eigenvalue weighted by Gasteiger charge is 2.22. The first-order valence-corrected chi connectivity index (χ1v) is 7.73. The molecule has 1 saturated heterocycles. The second kappa shape index (κ2) is 6.75. The van der Waals surface area contributed by atoms with E-state index < -0.39 is 6.10 Å². The van der Waals surface area contributed by atoms with Crippen LogP contribution in [0, 0.1) is 0 Å². The van der Waals surface area contributed by atoms with Gasteiger partial charge in [0.2, 0.25) is 5.91 Å². The number of likely N-dealkylation sites (tertiary alicyclic amines) is 1. The number of amides is 1. The zero-order chi connectivity index (χ0) is 16.2. The number of aromatic nitrogens is 2. The van der Waals surface area contributed by atoms with E-state index in [-0.39, 0.29) is 18.0 Å². The molecule has 6 heteroatoms. The molecular formula is C17H19N3O3. The number of carbonyl (C=O) groups is 1. The number of aliphatic hydroxyl groups is 1. The van der Waals surface area contributed by atoms with Crippen molar-refractivity contribution in [1.82, 2.24) is 14.7 Å². The Morgan fingerprint density at radius 2 is 2.00 bits per heavy atom. The molecule has 1 fully saturated rings. The Balaban J connectivity index is 1.80. The van der Waals surface area contributed by atoms with Gasteiger partial charge in [-0.1, -0.05) is 30.3 Å². The maximum absolute atomic E-state index is 12.3. The number of carbonyl (C=O) groups excluding carboxylic acids is 1. The summed E-state index contributed by atoms with van der Waals surface area (Å²) in [4.78, 5) is 25.9. The van der Waals surface area contributed by atoms with Crippen LogP contribution in [0.3, 0.4) is 0 Å². The Kier molecular flexibility index (Phi) is 4.52. The van der Waals surface area contributed by atoms with Gasteiger partial charge in [-0.25, -0.2) is 4.68 Å². The van der Waals surface area contributed by atoms with Crippen molar-refractivity contribution < 1.29 is 9.90 Å². The molecule has 1 unspecified atom stereocenters. The molecule has 6 nitrogen and oxygen atoms in total. The predicted molar refractivity (Wildman–Crippen MR) is 85.8 cm³/mol. The average molecular weight is 313 g/mol. The van der Waals surface area contributed by atoms with Crippen molar-refractivity contribution in [2.75, 3.05) is 13.1 Å². The summed E-state index contributed by atoms with van der Waals surface area (Å²) in [5.74, 6) is -0.191. The quantitative estimate of drug-likeness (QED) is 0.913. The summed E-state index contributed by atoms with van der Waals surface area (Å²) in [6.07, 6.45) is 1.01. The van der Waals surface area contributed by atoms with Crippen LogP contribution in [0.5, 0.6) is 0 Å². The highest BCUT2D eigenvalue weighted by molar-refractivity contribution is 5.76. The summed E-state index contributed by atoms with van der Waals surface area (Å²) in [6, 6.07) is 12.6. The Hall–Kier alpha value is -2.47. The lowest BCUT2D eigenvalue weighted by Crippen LogP contribution is -2.44. The molecule has 1 atom stereocenters. The molecule has 0 saturated carbocycles. The lowest BCUT2D eigenvalue weighted by molar-refractivity contribution is -0.135. The predicted octanol–water partition coefficient (Wildman–Crippen LogP) is 0.894. The Bertz CT molecular complexity index is 742. The average Bonchev–Trinajstić information content (AvgIpc) is 2.57. The first kappa shape index (κ1) is 15.4. The highest BCUT2D eigenvalue weighted by Crippen LogP contribution is 2.14. The van der Waals surface area contributed by atoms with Gasteiger partial charge in [-0.2, -0.15) is 5.10 Å². The molecule has 0 bridgehead atoms. The minimum Gasteiger partial charge on any atom is -0.391 e. The summed E-state index contributed by atoms with van der Waals surface area (Å²) in [6.45, 7) is 0.835. The third-order valence-electron chi connectivity index (χ3n) is 3.97. The van der Waals surface area contributed by atoms with Gasteiger partial charge >= 0.3 is 0 Å². The van der Waals surface area contributed by atoms with Crippen LogP contribution in [0.1, 0.15) is 12.8 Å². The fraction of sp³-hybridized carbons (Fsp3) is 0.353. The molecule has 1 aromatic heterocycles. The number of piperidine rings is 1. The van der Waals surface area contributed by atoms with Gasteiger partial charge in [0, 0.05) is 24.7 Å². The fourth-order valence-corrected chi connectivity index (χ4v) is 2.73. The highest BCUT2D eigenvalue weighted by atomic mass is 16.3. The topological polar surface area (TPSA) is 75.4 Å². The van der Waals surface area contributed by atoms with Crippen molar-refractivity contribution in [1.29, 1.82) is 0 Å². The number of nitrogens with zero attached hydrogens (tertiary/aromatic N) is 3. The molecule has 1 aromatic carbocycles. The first-order valence-electron chi connectivity index (χ1n) is 7.73. The molecule has 2 aromatic rings. The van der Waals surface area contributed by atoms with E-state index in [0.717, 1.165) is 12.0 Å². The Morgan fingerprint density at radius 1 is 1.22 bits per heavy atom.